The second kappa shape index (κ2) is 13.1. The molecule has 2 unspecified atom stereocenters. The number of hydrogen-bond acceptors (Lipinski definition) is 9. The lowest BCUT2D eigenvalue weighted by molar-refractivity contribution is -0.173. The summed E-state index contributed by atoms with van der Waals surface area (Å²) < 4.78 is 10.7. The Hall–Kier alpha value is -3.06. The Morgan fingerprint density at radius 1 is 1.03 bits per heavy atom. The largest absolute Gasteiger partial charge is 0.481 e. The van der Waals surface area contributed by atoms with Crippen molar-refractivity contribution >= 4 is 23.8 Å². The van der Waals surface area contributed by atoms with Crippen molar-refractivity contribution in [1.29, 1.82) is 0 Å². The predicted octanol–water partition coefficient (Wildman–Crippen LogP) is 0.277. The number of benzene rings is 1. The van der Waals surface area contributed by atoms with E-state index in [4.69, 9.17) is 19.7 Å². The summed E-state index contributed by atoms with van der Waals surface area (Å²) in [6, 6.07) is 8.01. The van der Waals surface area contributed by atoms with Crippen LogP contribution in [-0.2, 0) is 30.4 Å². The molecule has 2 saturated heterocycles. The Labute approximate surface area is 221 Å². The zero-order chi connectivity index (χ0) is 27.9. The molecule has 1 aromatic carbocycles. The average molecular weight is 536 g/mol. The van der Waals surface area contributed by atoms with Gasteiger partial charge in [0.15, 0.2) is 5.60 Å². The predicted molar refractivity (Wildman–Crippen MR) is 134 cm³/mol. The fourth-order valence-corrected chi connectivity index (χ4v) is 4.60. The Morgan fingerprint density at radius 2 is 1.68 bits per heavy atom. The average Bonchev–Trinajstić information content (AvgIpc) is 2.87. The van der Waals surface area contributed by atoms with Crippen LogP contribution in [0.4, 0.5) is 0 Å². The van der Waals surface area contributed by atoms with E-state index in [9.17, 15) is 24.3 Å². The van der Waals surface area contributed by atoms with Gasteiger partial charge >= 0.3 is 17.9 Å². The van der Waals surface area contributed by atoms with Crippen molar-refractivity contribution < 1.29 is 44.0 Å². The number of ether oxygens (including phenoxy) is 2. The third-order valence-electron chi connectivity index (χ3n) is 6.87. The number of nitrogens with zero attached hydrogens (tertiary/aromatic N) is 3. The number of aliphatic carboxylic acids is 2. The topological polar surface area (TPSA) is 157 Å². The van der Waals surface area contributed by atoms with Crippen molar-refractivity contribution in [3.05, 3.63) is 35.4 Å². The van der Waals surface area contributed by atoms with Crippen molar-refractivity contribution in [3.63, 3.8) is 0 Å². The Balaban J connectivity index is 1.46. The number of aliphatic hydroxyl groups is 1. The molecule has 3 rings (SSSR count). The number of carbonyl (C=O) groups is 4. The van der Waals surface area contributed by atoms with Crippen molar-refractivity contribution in [2.24, 2.45) is 0 Å². The number of piperazine rings is 1. The van der Waals surface area contributed by atoms with Gasteiger partial charge in [-0.3, -0.25) is 24.2 Å². The molecule has 12 heteroatoms. The first-order valence-corrected chi connectivity index (χ1v) is 12.8. The number of hydrogen-bond donors (Lipinski definition) is 3. The van der Waals surface area contributed by atoms with Crippen LogP contribution >= 0.6 is 0 Å². The standard InChI is InChI=1S/C26H37N3O9/c1-18(2)28-7-9-29(10-8-28)24(33)20-5-3-19(4-6-20)15-27-11-12-37-21(16-27)17-38-23(32)14-26(36,25(34)35)13-22(30)31/h3-6,18,21,36H,7-17H2,1-2H3,(H,30,31)(H,34,35). The monoisotopic (exact) mass is 535 g/mol. The highest BCUT2D eigenvalue weighted by Crippen LogP contribution is 2.18. The Bertz CT molecular complexity index is 992. The molecular formula is C26H37N3O9. The van der Waals surface area contributed by atoms with Crippen LogP contribution in [-0.4, -0.2) is 124 Å². The summed E-state index contributed by atoms with van der Waals surface area (Å²) >= 11 is 0. The minimum absolute atomic E-state index is 0.0337. The molecule has 38 heavy (non-hydrogen) atoms. The van der Waals surface area contributed by atoms with Gasteiger partial charge in [-0.25, -0.2) is 4.79 Å². The van der Waals surface area contributed by atoms with Gasteiger partial charge in [0.2, 0.25) is 0 Å². The van der Waals surface area contributed by atoms with Gasteiger partial charge in [0, 0.05) is 57.4 Å². The van der Waals surface area contributed by atoms with Gasteiger partial charge in [-0.15, -0.1) is 0 Å². The smallest absolute Gasteiger partial charge is 0.336 e. The van der Waals surface area contributed by atoms with Crippen LogP contribution in [0.15, 0.2) is 24.3 Å². The molecule has 3 N–H and O–H groups in total. The molecule has 210 valence electrons. The zero-order valence-corrected chi connectivity index (χ0v) is 21.9. The first kappa shape index (κ1) is 29.5. The lowest BCUT2D eigenvalue weighted by atomic mass is 9.96. The van der Waals surface area contributed by atoms with E-state index in [0.717, 1.165) is 18.7 Å². The van der Waals surface area contributed by atoms with Crippen LogP contribution in [0.2, 0.25) is 0 Å². The van der Waals surface area contributed by atoms with Crippen molar-refractivity contribution in [2.75, 3.05) is 52.5 Å². The molecule has 12 nitrogen and oxygen atoms in total. The molecular weight excluding hydrogens is 498 g/mol. The summed E-state index contributed by atoms with van der Waals surface area (Å²) in [7, 11) is 0. The second-order valence-electron chi connectivity index (χ2n) is 10.1. The normalized spacial score (nSPS) is 20.6. The maximum atomic E-state index is 12.9. The van der Waals surface area contributed by atoms with E-state index in [1.165, 1.54) is 0 Å². The summed E-state index contributed by atoms with van der Waals surface area (Å²) in [4.78, 5) is 53.4. The van der Waals surface area contributed by atoms with E-state index in [-0.39, 0.29) is 12.5 Å². The molecule has 1 amide bonds. The highest BCUT2D eigenvalue weighted by atomic mass is 16.6. The summed E-state index contributed by atoms with van der Waals surface area (Å²) in [6.07, 6.45) is -2.57. The van der Waals surface area contributed by atoms with Crippen LogP contribution < -0.4 is 0 Å². The fourth-order valence-electron chi connectivity index (χ4n) is 4.60. The summed E-state index contributed by atoms with van der Waals surface area (Å²) in [5.74, 6) is -4.34. The lowest BCUT2D eigenvalue weighted by Gasteiger charge is -2.37. The first-order chi connectivity index (χ1) is 18.0. The first-order valence-electron chi connectivity index (χ1n) is 12.8. The molecule has 1 aromatic rings. The van der Waals surface area contributed by atoms with Gasteiger partial charge in [-0.1, -0.05) is 12.1 Å². The van der Waals surface area contributed by atoms with E-state index in [0.29, 0.717) is 50.9 Å². The summed E-state index contributed by atoms with van der Waals surface area (Å²) in [5, 5.41) is 27.9. The molecule has 0 bridgehead atoms. The molecule has 0 aromatic heterocycles. The van der Waals surface area contributed by atoms with Crippen molar-refractivity contribution in [3.8, 4) is 0 Å². The third kappa shape index (κ3) is 8.22. The molecule has 0 spiro atoms. The number of carboxylic acids is 2. The van der Waals surface area contributed by atoms with Gasteiger partial charge in [0.1, 0.15) is 12.7 Å². The van der Waals surface area contributed by atoms with Crippen LogP contribution in [0.3, 0.4) is 0 Å². The molecule has 0 saturated carbocycles. The van der Waals surface area contributed by atoms with Gasteiger partial charge in [0.05, 0.1) is 19.4 Å². The van der Waals surface area contributed by atoms with E-state index in [2.05, 4.69) is 23.6 Å². The van der Waals surface area contributed by atoms with E-state index >= 15 is 0 Å². The number of morpholine rings is 1. The molecule has 2 heterocycles. The number of amides is 1. The summed E-state index contributed by atoms with van der Waals surface area (Å²) in [6.45, 7) is 9.45. The van der Waals surface area contributed by atoms with Crippen molar-refractivity contribution in [2.45, 2.75) is 51.0 Å². The number of carbonyl (C=O) groups excluding carboxylic acids is 2. The van der Waals surface area contributed by atoms with Crippen LogP contribution in [0.1, 0.15) is 42.6 Å². The molecule has 2 fully saturated rings. The third-order valence-corrected chi connectivity index (χ3v) is 6.87. The zero-order valence-electron chi connectivity index (χ0n) is 21.9. The molecule has 2 aliphatic rings. The van der Waals surface area contributed by atoms with Gasteiger partial charge in [-0.05, 0) is 31.5 Å². The quantitative estimate of drug-likeness (QED) is 0.334. The molecule has 0 radical (unpaired) electrons. The number of rotatable bonds is 11. The Kier molecular flexibility index (Phi) is 10.2. The summed E-state index contributed by atoms with van der Waals surface area (Å²) in [5.41, 5.74) is -1.06. The highest BCUT2D eigenvalue weighted by molar-refractivity contribution is 5.94. The van der Waals surface area contributed by atoms with E-state index in [1.807, 2.05) is 29.2 Å². The van der Waals surface area contributed by atoms with Crippen LogP contribution in [0, 0.1) is 0 Å². The molecule has 2 aliphatic heterocycles. The second-order valence-corrected chi connectivity index (χ2v) is 10.1. The van der Waals surface area contributed by atoms with E-state index in [1.54, 1.807) is 0 Å². The highest BCUT2D eigenvalue weighted by Gasteiger charge is 2.41. The van der Waals surface area contributed by atoms with Gasteiger partial charge in [0.25, 0.3) is 5.91 Å². The number of esters is 1. The van der Waals surface area contributed by atoms with Crippen LogP contribution in [0.5, 0.6) is 0 Å². The molecule has 0 aliphatic carbocycles. The van der Waals surface area contributed by atoms with Gasteiger partial charge in [-0.2, -0.15) is 0 Å². The SMILES string of the molecule is CC(C)N1CCN(C(=O)c2ccc(CN3CCOC(COC(=O)CC(O)(CC(=O)O)C(=O)O)C3)cc2)CC1. The lowest BCUT2D eigenvalue weighted by Crippen LogP contribution is -2.50. The Morgan fingerprint density at radius 3 is 2.26 bits per heavy atom. The maximum absolute atomic E-state index is 12.9. The minimum atomic E-state index is -2.74. The maximum Gasteiger partial charge on any atom is 0.336 e. The minimum Gasteiger partial charge on any atom is -0.481 e. The van der Waals surface area contributed by atoms with Gasteiger partial charge < -0.3 is 29.7 Å². The molecule has 2 atom stereocenters. The van der Waals surface area contributed by atoms with Crippen molar-refractivity contribution in [1.82, 2.24) is 14.7 Å². The number of carboxylic acid groups (broad SMARTS) is 2. The van der Waals surface area contributed by atoms with E-state index < -0.39 is 42.5 Å². The van der Waals surface area contributed by atoms with Crippen LogP contribution in [0.25, 0.3) is 0 Å². The fraction of sp³-hybridized carbons (Fsp3) is 0.615.